The molecule has 0 unspecified atom stereocenters. The Bertz CT molecular complexity index is 346. The predicted molar refractivity (Wildman–Crippen MR) is 60.7 cm³/mol. The average Bonchev–Trinajstić information content (AvgIpc) is 2.14. The highest BCUT2D eigenvalue weighted by molar-refractivity contribution is 7.99. The van der Waals surface area contributed by atoms with Gasteiger partial charge in [-0.2, -0.15) is 11.8 Å². The van der Waals surface area contributed by atoms with E-state index in [-0.39, 0.29) is 5.56 Å². The van der Waals surface area contributed by atoms with E-state index in [1.54, 1.807) is 17.8 Å². The van der Waals surface area contributed by atoms with E-state index >= 15 is 0 Å². The van der Waals surface area contributed by atoms with E-state index in [0.29, 0.717) is 5.25 Å². The van der Waals surface area contributed by atoms with Gasteiger partial charge in [-0.05, 0) is 11.7 Å². The summed E-state index contributed by atoms with van der Waals surface area (Å²) in [7, 11) is 0. The van der Waals surface area contributed by atoms with Crippen LogP contribution in [0.15, 0.2) is 10.9 Å². The zero-order chi connectivity index (χ0) is 10.6. The smallest absolute Gasteiger partial charge is 0.251 e. The van der Waals surface area contributed by atoms with Crippen molar-refractivity contribution in [1.29, 1.82) is 0 Å². The standard InChI is InChI=1S/C10H16N2OS/c1-4-8-5-10(13)12-9(11-8)6-14-7(2)3/h5,7H,4,6H2,1-3H3,(H,11,12,13). The van der Waals surface area contributed by atoms with Crippen molar-refractivity contribution >= 4 is 11.8 Å². The predicted octanol–water partition coefficient (Wildman–Crippen LogP) is 1.97. The number of aryl methyl sites for hydroxylation is 1. The van der Waals surface area contributed by atoms with Gasteiger partial charge in [-0.1, -0.05) is 20.8 Å². The molecule has 0 bridgehead atoms. The summed E-state index contributed by atoms with van der Waals surface area (Å²) in [6.45, 7) is 6.26. The van der Waals surface area contributed by atoms with E-state index in [9.17, 15) is 4.79 Å². The topological polar surface area (TPSA) is 45.8 Å². The Kier molecular flexibility index (Phi) is 4.20. The fourth-order valence-electron chi connectivity index (χ4n) is 1.06. The van der Waals surface area contributed by atoms with Crippen LogP contribution in [0.4, 0.5) is 0 Å². The maximum Gasteiger partial charge on any atom is 0.251 e. The Hall–Kier alpha value is -0.770. The Morgan fingerprint density at radius 2 is 2.29 bits per heavy atom. The van der Waals surface area contributed by atoms with Crippen LogP contribution < -0.4 is 5.56 Å². The van der Waals surface area contributed by atoms with Crippen LogP contribution in [0.25, 0.3) is 0 Å². The first kappa shape index (κ1) is 11.3. The molecule has 1 N–H and O–H groups in total. The quantitative estimate of drug-likeness (QED) is 0.830. The molecule has 1 aromatic heterocycles. The van der Waals surface area contributed by atoms with E-state index in [1.165, 1.54) is 0 Å². The van der Waals surface area contributed by atoms with Crippen molar-refractivity contribution in [1.82, 2.24) is 9.97 Å². The molecule has 0 aliphatic rings. The van der Waals surface area contributed by atoms with Crippen LogP contribution in [0, 0.1) is 0 Å². The zero-order valence-corrected chi connectivity index (χ0v) is 9.65. The second kappa shape index (κ2) is 5.20. The molecule has 0 spiro atoms. The highest BCUT2D eigenvalue weighted by atomic mass is 32.2. The number of aromatic amines is 1. The second-order valence-electron chi connectivity index (χ2n) is 3.40. The first-order valence-electron chi connectivity index (χ1n) is 4.82. The van der Waals surface area contributed by atoms with E-state index in [4.69, 9.17) is 0 Å². The molecule has 14 heavy (non-hydrogen) atoms. The molecular weight excluding hydrogens is 196 g/mol. The number of thioether (sulfide) groups is 1. The second-order valence-corrected chi connectivity index (χ2v) is 4.96. The van der Waals surface area contributed by atoms with Crippen molar-refractivity contribution in [3.63, 3.8) is 0 Å². The summed E-state index contributed by atoms with van der Waals surface area (Å²) in [6.07, 6.45) is 0.809. The molecule has 1 aromatic rings. The molecular formula is C10H16N2OS. The minimum Gasteiger partial charge on any atom is -0.310 e. The van der Waals surface area contributed by atoms with E-state index in [0.717, 1.165) is 23.7 Å². The van der Waals surface area contributed by atoms with Crippen LogP contribution in [-0.4, -0.2) is 15.2 Å². The first-order chi connectivity index (χ1) is 6.61. The van der Waals surface area contributed by atoms with Crippen molar-refractivity contribution in [3.8, 4) is 0 Å². The fourth-order valence-corrected chi connectivity index (χ4v) is 1.69. The van der Waals surface area contributed by atoms with Crippen molar-refractivity contribution in [2.45, 2.75) is 38.2 Å². The average molecular weight is 212 g/mol. The summed E-state index contributed by atoms with van der Waals surface area (Å²) >= 11 is 1.78. The first-order valence-corrected chi connectivity index (χ1v) is 5.87. The molecule has 0 aromatic carbocycles. The van der Waals surface area contributed by atoms with Gasteiger partial charge >= 0.3 is 0 Å². The fraction of sp³-hybridized carbons (Fsp3) is 0.600. The maximum atomic E-state index is 11.2. The third-order valence-corrected chi connectivity index (χ3v) is 2.87. The molecule has 1 heterocycles. The van der Waals surface area contributed by atoms with Gasteiger partial charge in [0, 0.05) is 11.8 Å². The van der Waals surface area contributed by atoms with Gasteiger partial charge in [0.2, 0.25) is 0 Å². The minimum atomic E-state index is -0.0452. The molecule has 0 atom stereocenters. The van der Waals surface area contributed by atoms with Crippen molar-refractivity contribution in [2.24, 2.45) is 0 Å². The van der Waals surface area contributed by atoms with Crippen LogP contribution in [0.1, 0.15) is 32.3 Å². The van der Waals surface area contributed by atoms with Crippen molar-refractivity contribution in [2.75, 3.05) is 0 Å². The molecule has 0 radical (unpaired) electrons. The van der Waals surface area contributed by atoms with E-state index < -0.39 is 0 Å². The lowest BCUT2D eigenvalue weighted by Gasteiger charge is -2.04. The summed E-state index contributed by atoms with van der Waals surface area (Å²) in [5, 5.41) is 0.561. The Morgan fingerprint density at radius 1 is 1.57 bits per heavy atom. The molecule has 0 aliphatic heterocycles. The van der Waals surface area contributed by atoms with E-state index in [2.05, 4.69) is 23.8 Å². The molecule has 3 nitrogen and oxygen atoms in total. The number of nitrogens with zero attached hydrogens (tertiary/aromatic N) is 1. The Labute approximate surface area is 88.3 Å². The van der Waals surface area contributed by atoms with Crippen LogP contribution in [-0.2, 0) is 12.2 Å². The highest BCUT2D eigenvalue weighted by Crippen LogP contribution is 2.13. The summed E-state index contributed by atoms with van der Waals surface area (Å²) in [4.78, 5) is 18.3. The van der Waals surface area contributed by atoms with Crippen LogP contribution in [0.2, 0.25) is 0 Å². The van der Waals surface area contributed by atoms with Gasteiger partial charge in [0.1, 0.15) is 5.82 Å². The highest BCUT2D eigenvalue weighted by Gasteiger charge is 2.01. The normalized spacial score (nSPS) is 10.9. The number of hydrogen-bond donors (Lipinski definition) is 1. The third kappa shape index (κ3) is 3.54. The van der Waals surface area contributed by atoms with E-state index in [1.807, 2.05) is 6.92 Å². The third-order valence-electron chi connectivity index (χ3n) is 1.76. The van der Waals surface area contributed by atoms with Gasteiger partial charge in [0.25, 0.3) is 5.56 Å². The monoisotopic (exact) mass is 212 g/mol. The molecule has 0 fully saturated rings. The summed E-state index contributed by atoms with van der Waals surface area (Å²) in [5.74, 6) is 1.56. The molecule has 0 saturated carbocycles. The summed E-state index contributed by atoms with van der Waals surface area (Å²) < 4.78 is 0. The molecule has 78 valence electrons. The molecule has 0 saturated heterocycles. The number of aromatic nitrogens is 2. The van der Waals surface area contributed by atoms with Gasteiger partial charge in [-0.3, -0.25) is 4.79 Å². The molecule has 1 rings (SSSR count). The number of nitrogens with one attached hydrogen (secondary N) is 1. The SMILES string of the molecule is CCc1cc(=O)[nH]c(CSC(C)C)n1. The van der Waals surface area contributed by atoms with Gasteiger partial charge in [0.15, 0.2) is 0 Å². The van der Waals surface area contributed by atoms with Gasteiger partial charge < -0.3 is 4.98 Å². The molecule has 0 aliphatic carbocycles. The lowest BCUT2D eigenvalue weighted by Crippen LogP contribution is -2.12. The van der Waals surface area contributed by atoms with Crippen molar-refractivity contribution in [3.05, 3.63) is 27.9 Å². The van der Waals surface area contributed by atoms with Gasteiger partial charge in [-0.25, -0.2) is 4.98 Å². The van der Waals surface area contributed by atoms with Crippen LogP contribution >= 0.6 is 11.8 Å². The number of hydrogen-bond acceptors (Lipinski definition) is 3. The summed E-state index contributed by atoms with van der Waals surface area (Å²) in [5.41, 5.74) is 0.823. The lowest BCUT2D eigenvalue weighted by atomic mass is 10.3. The van der Waals surface area contributed by atoms with Crippen molar-refractivity contribution < 1.29 is 0 Å². The van der Waals surface area contributed by atoms with Crippen LogP contribution in [0.5, 0.6) is 0 Å². The Balaban J connectivity index is 2.76. The molecule has 0 amide bonds. The maximum absolute atomic E-state index is 11.2. The lowest BCUT2D eigenvalue weighted by molar-refractivity contribution is 0.918. The van der Waals surface area contributed by atoms with Gasteiger partial charge in [0.05, 0.1) is 5.75 Å². The molecule has 4 heteroatoms. The largest absolute Gasteiger partial charge is 0.310 e. The Morgan fingerprint density at radius 3 is 2.86 bits per heavy atom. The number of H-pyrrole nitrogens is 1. The number of rotatable bonds is 4. The zero-order valence-electron chi connectivity index (χ0n) is 8.83. The van der Waals surface area contributed by atoms with Crippen LogP contribution in [0.3, 0.4) is 0 Å². The van der Waals surface area contributed by atoms with Gasteiger partial charge in [-0.15, -0.1) is 0 Å². The summed E-state index contributed by atoms with van der Waals surface area (Å²) in [6, 6.07) is 1.56. The minimum absolute atomic E-state index is 0.0452.